The number of carboxylic acid groups (broad SMARTS) is 1. The van der Waals surface area contributed by atoms with Crippen molar-refractivity contribution >= 4 is 18.0 Å². The SMILES string of the molecule is CCOC(=O)C1CCCN1C(=O)NC(C)CC(=O)O. The molecule has 2 unspecified atom stereocenters. The number of nitrogens with one attached hydrogen (secondary N) is 1. The van der Waals surface area contributed by atoms with Gasteiger partial charge in [0.15, 0.2) is 0 Å². The van der Waals surface area contributed by atoms with Crippen LogP contribution in [0.2, 0.25) is 0 Å². The summed E-state index contributed by atoms with van der Waals surface area (Å²) in [6.07, 6.45) is 1.17. The zero-order chi connectivity index (χ0) is 14.4. The second-order valence-corrected chi connectivity index (χ2v) is 4.55. The Morgan fingerprint density at radius 1 is 1.47 bits per heavy atom. The number of aliphatic carboxylic acids is 1. The van der Waals surface area contributed by atoms with Gasteiger partial charge in [0.25, 0.3) is 0 Å². The highest BCUT2D eigenvalue weighted by molar-refractivity contribution is 5.84. The number of carbonyl (C=O) groups excluding carboxylic acids is 2. The highest BCUT2D eigenvalue weighted by Crippen LogP contribution is 2.18. The number of ether oxygens (including phenoxy) is 1. The van der Waals surface area contributed by atoms with E-state index in [9.17, 15) is 14.4 Å². The van der Waals surface area contributed by atoms with Crippen molar-refractivity contribution in [3.8, 4) is 0 Å². The van der Waals surface area contributed by atoms with Crippen LogP contribution in [-0.4, -0.2) is 53.2 Å². The Balaban J connectivity index is 2.55. The summed E-state index contributed by atoms with van der Waals surface area (Å²) in [5, 5.41) is 11.2. The van der Waals surface area contributed by atoms with Crippen molar-refractivity contribution < 1.29 is 24.2 Å². The van der Waals surface area contributed by atoms with E-state index >= 15 is 0 Å². The van der Waals surface area contributed by atoms with Gasteiger partial charge in [-0.05, 0) is 26.7 Å². The second-order valence-electron chi connectivity index (χ2n) is 4.55. The van der Waals surface area contributed by atoms with E-state index in [0.717, 1.165) is 6.42 Å². The van der Waals surface area contributed by atoms with Gasteiger partial charge in [-0.1, -0.05) is 0 Å². The van der Waals surface area contributed by atoms with Crippen LogP contribution in [0.5, 0.6) is 0 Å². The monoisotopic (exact) mass is 272 g/mol. The van der Waals surface area contributed by atoms with Gasteiger partial charge in [0.2, 0.25) is 0 Å². The molecule has 7 nitrogen and oxygen atoms in total. The summed E-state index contributed by atoms with van der Waals surface area (Å²) in [5.41, 5.74) is 0. The Morgan fingerprint density at radius 2 is 2.16 bits per heavy atom. The van der Waals surface area contributed by atoms with Gasteiger partial charge in [0.1, 0.15) is 6.04 Å². The Morgan fingerprint density at radius 3 is 2.74 bits per heavy atom. The lowest BCUT2D eigenvalue weighted by atomic mass is 10.2. The Kier molecular flexibility index (Phi) is 5.59. The summed E-state index contributed by atoms with van der Waals surface area (Å²) in [4.78, 5) is 35.6. The first kappa shape index (κ1) is 15.3. The molecule has 1 aliphatic rings. The molecule has 2 amide bonds. The van der Waals surface area contributed by atoms with Gasteiger partial charge in [-0.25, -0.2) is 9.59 Å². The van der Waals surface area contributed by atoms with Crippen LogP contribution in [0.1, 0.15) is 33.1 Å². The molecule has 0 radical (unpaired) electrons. The molecule has 1 fully saturated rings. The van der Waals surface area contributed by atoms with Crippen LogP contribution in [-0.2, 0) is 14.3 Å². The van der Waals surface area contributed by atoms with Gasteiger partial charge in [0, 0.05) is 12.6 Å². The van der Waals surface area contributed by atoms with Crippen molar-refractivity contribution in [1.82, 2.24) is 10.2 Å². The van der Waals surface area contributed by atoms with E-state index in [1.54, 1.807) is 13.8 Å². The molecule has 1 heterocycles. The predicted molar refractivity (Wildman–Crippen MR) is 66.6 cm³/mol. The summed E-state index contributed by atoms with van der Waals surface area (Å²) in [7, 11) is 0. The number of amides is 2. The zero-order valence-electron chi connectivity index (χ0n) is 11.2. The Hall–Kier alpha value is -1.79. The lowest BCUT2D eigenvalue weighted by Gasteiger charge is -2.25. The number of rotatable bonds is 5. The standard InChI is InChI=1S/C12H20N2O5/c1-3-19-11(17)9-5-4-6-14(9)12(18)13-8(2)7-10(15)16/h8-9H,3-7H2,1-2H3,(H,13,18)(H,15,16). The first-order chi connectivity index (χ1) is 8.95. The number of hydrogen-bond acceptors (Lipinski definition) is 4. The van der Waals surface area contributed by atoms with Gasteiger partial charge >= 0.3 is 18.0 Å². The Bertz CT molecular complexity index is 358. The molecule has 19 heavy (non-hydrogen) atoms. The highest BCUT2D eigenvalue weighted by atomic mass is 16.5. The lowest BCUT2D eigenvalue weighted by molar-refractivity contribution is -0.147. The van der Waals surface area contributed by atoms with E-state index in [4.69, 9.17) is 9.84 Å². The molecule has 0 bridgehead atoms. The number of likely N-dealkylation sites (tertiary alicyclic amines) is 1. The minimum Gasteiger partial charge on any atom is -0.481 e. The average Bonchev–Trinajstić information content (AvgIpc) is 2.76. The molecule has 2 N–H and O–H groups in total. The number of urea groups is 1. The van der Waals surface area contributed by atoms with Gasteiger partial charge < -0.3 is 20.1 Å². The number of carbonyl (C=O) groups is 3. The minimum atomic E-state index is -0.976. The second kappa shape index (κ2) is 6.96. The molecule has 0 aliphatic carbocycles. The molecule has 0 aromatic rings. The quantitative estimate of drug-likeness (QED) is 0.714. The maximum absolute atomic E-state index is 12.0. The molecule has 0 aromatic carbocycles. The van der Waals surface area contributed by atoms with Gasteiger partial charge in [-0.15, -0.1) is 0 Å². The number of nitrogens with zero attached hydrogens (tertiary/aromatic N) is 1. The summed E-state index contributed by atoms with van der Waals surface area (Å²) in [6, 6.07) is -1.45. The molecule has 2 atom stereocenters. The van der Waals surface area contributed by atoms with Crippen molar-refractivity contribution in [2.45, 2.75) is 45.2 Å². The average molecular weight is 272 g/mol. The number of esters is 1. The van der Waals surface area contributed by atoms with Gasteiger partial charge in [0.05, 0.1) is 13.0 Å². The zero-order valence-corrected chi connectivity index (χ0v) is 11.2. The van der Waals surface area contributed by atoms with Crippen molar-refractivity contribution in [2.75, 3.05) is 13.2 Å². The normalized spacial score (nSPS) is 19.9. The molecule has 1 rings (SSSR count). The molecular weight excluding hydrogens is 252 g/mol. The fraction of sp³-hybridized carbons (Fsp3) is 0.750. The molecule has 0 saturated carbocycles. The van der Waals surface area contributed by atoms with Crippen LogP contribution in [0.15, 0.2) is 0 Å². The smallest absolute Gasteiger partial charge is 0.328 e. The van der Waals surface area contributed by atoms with Crippen LogP contribution < -0.4 is 5.32 Å². The lowest BCUT2D eigenvalue weighted by Crippen LogP contribution is -2.49. The summed E-state index contributed by atoms with van der Waals surface area (Å²) in [6.45, 7) is 4.09. The number of carboxylic acids is 1. The summed E-state index contributed by atoms with van der Waals surface area (Å²) < 4.78 is 4.92. The highest BCUT2D eigenvalue weighted by Gasteiger charge is 2.35. The van der Waals surface area contributed by atoms with E-state index in [-0.39, 0.29) is 13.0 Å². The van der Waals surface area contributed by atoms with Crippen LogP contribution in [0.25, 0.3) is 0 Å². The summed E-state index contributed by atoms with van der Waals surface area (Å²) >= 11 is 0. The third-order valence-corrected chi connectivity index (χ3v) is 2.92. The van der Waals surface area contributed by atoms with Crippen LogP contribution in [0.3, 0.4) is 0 Å². The molecule has 1 saturated heterocycles. The molecule has 0 spiro atoms. The largest absolute Gasteiger partial charge is 0.481 e. The van der Waals surface area contributed by atoms with E-state index < -0.39 is 30.1 Å². The molecular formula is C12H20N2O5. The van der Waals surface area contributed by atoms with E-state index in [2.05, 4.69) is 5.32 Å². The van der Waals surface area contributed by atoms with Gasteiger partial charge in [-0.3, -0.25) is 4.79 Å². The summed E-state index contributed by atoms with van der Waals surface area (Å²) in [5.74, 6) is -1.38. The van der Waals surface area contributed by atoms with Crippen molar-refractivity contribution in [3.05, 3.63) is 0 Å². The molecule has 108 valence electrons. The van der Waals surface area contributed by atoms with E-state index in [0.29, 0.717) is 13.0 Å². The van der Waals surface area contributed by atoms with Crippen LogP contribution in [0.4, 0.5) is 4.79 Å². The Labute approximate surface area is 111 Å². The first-order valence-corrected chi connectivity index (χ1v) is 6.41. The van der Waals surface area contributed by atoms with E-state index in [1.165, 1.54) is 4.90 Å². The van der Waals surface area contributed by atoms with E-state index in [1.807, 2.05) is 0 Å². The molecule has 1 aliphatic heterocycles. The van der Waals surface area contributed by atoms with Crippen molar-refractivity contribution in [2.24, 2.45) is 0 Å². The maximum atomic E-state index is 12.0. The molecule has 7 heteroatoms. The van der Waals surface area contributed by atoms with Crippen LogP contribution in [0, 0.1) is 0 Å². The third-order valence-electron chi connectivity index (χ3n) is 2.92. The maximum Gasteiger partial charge on any atom is 0.328 e. The predicted octanol–water partition coefficient (Wildman–Crippen LogP) is 0.587. The fourth-order valence-corrected chi connectivity index (χ4v) is 2.10. The first-order valence-electron chi connectivity index (χ1n) is 6.41. The van der Waals surface area contributed by atoms with Crippen LogP contribution >= 0.6 is 0 Å². The minimum absolute atomic E-state index is 0.149. The van der Waals surface area contributed by atoms with Crippen molar-refractivity contribution in [3.63, 3.8) is 0 Å². The van der Waals surface area contributed by atoms with Crippen molar-refractivity contribution in [1.29, 1.82) is 0 Å². The molecule has 0 aromatic heterocycles. The topological polar surface area (TPSA) is 95.9 Å². The van der Waals surface area contributed by atoms with Gasteiger partial charge in [-0.2, -0.15) is 0 Å². The third kappa shape index (κ3) is 4.42. The fourth-order valence-electron chi connectivity index (χ4n) is 2.10. The number of hydrogen-bond donors (Lipinski definition) is 2.